The van der Waals surface area contributed by atoms with Crippen molar-refractivity contribution >= 4 is 46.3 Å². The fourth-order valence-electron chi connectivity index (χ4n) is 9.46. The van der Waals surface area contributed by atoms with E-state index in [4.69, 9.17) is 28.7 Å². The minimum atomic E-state index is -4.57. The third-order valence-corrected chi connectivity index (χ3v) is 13.0. The molecule has 3 fully saturated rings. The Kier molecular flexibility index (Phi) is 16.2. The van der Waals surface area contributed by atoms with Crippen molar-refractivity contribution < 1.29 is 56.0 Å². The Bertz CT molecular complexity index is 2450. The number of imidazole rings is 1. The van der Waals surface area contributed by atoms with Crippen molar-refractivity contribution in [2.45, 2.75) is 82.6 Å². The predicted octanol–water partition coefficient (Wildman–Crippen LogP) is 7.40. The summed E-state index contributed by atoms with van der Waals surface area (Å²) in [4.78, 5) is 59.1. The Labute approximate surface area is 393 Å². The van der Waals surface area contributed by atoms with Gasteiger partial charge in [0.15, 0.2) is 0 Å². The fourth-order valence-corrected chi connectivity index (χ4v) is 9.46. The smallest absolute Gasteiger partial charge is 0.416 e. The van der Waals surface area contributed by atoms with E-state index in [1.807, 2.05) is 0 Å². The van der Waals surface area contributed by atoms with Crippen LogP contribution in [0.4, 0.5) is 19.1 Å². The number of fused-ring (bicyclic) bond motifs is 2. The van der Waals surface area contributed by atoms with Crippen LogP contribution in [-0.4, -0.2) is 122 Å². The number of piperidine rings is 2. The number of imide groups is 1. The molecule has 8 rings (SSSR count). The lowest BCUT2D eigenvalue weighted by atomic mass is 9.86. The van der Waals surface area contributed by atoms with Crippen molar-refractivity contribution in [3.8, 4) is 5.75 Å². The molecule has 68 heavy (non-hydrogen) atoms. The van der Waals surface area contributed by atoms with Crippen molar-refractivity contribution in [2.75, 3.05) is 77.9 Å². The average Bonchev–Trinajstić information content (AvgIpc) is 3.80. The molecule has 1 aromatic heterocycles. The third-order valence-electron chi connectivity index (χ3n) is 13.0. The Hall–Kier alpha value is -5.66. The second-order valence-electron chi connectivity index (χ2n) is 17.7. The summed E-state index contributed by atoms with van der Waals surface area (Å²) in [5.41, 5.74) is 3.21. The molecule has 15 nitrogen and oxygen atoms in total. The van der Waals surface area contributed by atoms with E-state index in [0.717, 1.165) is 74.0 Å². The van der Waals surface area contributed by atoms with E-state index in [9.17, 15) is 32.3 Å². The quantitative estimate of drug-likeness (QED) is 0.0633. The molecule has 2 N–H and O–H groups in total. The highest BCUT2D eigenvalue weighted by atomic mass is 19.4. The Balaban J connectivity index is 0.706. The molecule has 1 aliphatic carbocycles. The van der Waals surface area contributed by atoms with Crippen LogP contribution >= 0.6 is 0 Å². The van der Waals surface area contributed by atoms with Crippen LogP contribution in [0.1, 0.15) is 101 Å². The number of hydrogen-bond acceptors (Lipinski definition) is 11. The third kappa shape index (κ3) is 12.1. The summed E-state index contributed by atoms with van der Waals surface area (Å²) in [6, 6.07) is 15.0. The maximum absolute atomic E-state index is 13.5. The molecule has 4 aliphatic rings. The van der Waals surface area contributed by atoms with E-state index in [0.29, 0.717) is 87.3 Å². The molecule has 0 radical (unpaired) electrons. The van der Waals surface area contributed by atoms with Gasteiger partial charge >= 0.3 is 6.18 Å². The molecular formula is C50H59F3N6O9. The lowest BCUT2D eigenvalue weighted by Gasteiger charge is -2.30. The van der Waals surface area contributed by atoms with E-state index in [1.165, 1.54) is 36.3 Å². The van der Waals surface area contributed by atoms with Crippen molar-refractivity contribution in [3.05, 3.63) is 95.1 Å². The number of nitrogens with one attached hydrogen (secondary N) is 2. The van der Waals surface area contributed by atoms with Gasteiger partial charge in [0.25, 0.3) is 11.8 Å². The first kappa shape index (κ1) is 48.8. The van der Waals surface area contributed by atoms with Gasteiger partial charge in [-0.25, -0.2) is 4.98 Å². The topological polar surface area (TPSA) is 163 Å². The summed E-state index contributed by atoms with van der Waals surface area (Å²) in [6.07, 6.45) is 2.91. The molecular weight excluding hydrogens is 886 g/mol. The summed E-state index contributed by atoms with van der Waals surface area (Å²) in [5.74, 6) is -0.607. The number of carbonyl (C=O) groups is 4. The van der Waals surface area contributed by atoms with E-state index < -0.39 is 29.6 Å². The SMILES string of the molecule is C=C1c2cc(OCCOCCOCCOCCOC[C@H]3CC[C@@H](n4c(NC(=O)c5cccc(C(F)(F)F)c5)nc5cc(CN6CCCCC6)ccc54)CC3)ccc2C(=O)N1C1CCC(=O)NC1=O. The average molecular weight is 945 g/mol. The zero-order chi connectivity index (χ0) is 47.6. The number of amides is 4. The molecule has 0 bridgehead atoms. The number of halogens is 3. The highest BCUT2D eigenvalue weighted by molar-refractivity contribution is 6.12. The Morgan fingerprint density at radius 2 is 1.50 bits per heavy atom. The van der Waals surface area contributed by atoms with Crippen LogP contribution in [0, 0.1) is 5.92 Å². The minimum Gasteiger partial charge on any atom is -0.491 e. The number of likely N-dealkylation sites (tertiary alicyclic amines) is 1. The maximum Gasteiger partial charge on any atom is 0.416 e. The van der Waals surface area contributed by atoms with Gasteiger partial charge in [0.1, 0.15) is 18.4 Å². The molecule has 1 saturated carbocycles. The molecule has 4 aromatic rings. The largest absolute Gasteiger partial charge is 0.491 e. The summed E-state index contributed by atoms with van der Waals surface area (Å²) >= 11 is 0. The number of nitrogens with zero attached hydrogens (tertiary/aromatic N) is 4. The predicted molar refractivity (Wildman–Crippen MR) is 246 cm³/mol. The zero-order valence-corrected chi connectivity index (χ0v) is 38.2. The normalized spacial score (nSPS) is 20.2. The number of carbonyl (C=O) groups excluding carboxylic acids is 4. The van der Waals surface area contributed by atoms with Gasteiger partial charge in [0.2, 0.25) is 17.8 Å². The Morgan fingerprint density at radius 3 is 2.21 bits per heavy atom. The highest BCUT2D eigenvalue weighted by Gasteiger charge is 2.41. The van der Waals surface area contributed by atoms with Crippen LogP contribution in [0.2, 0.25) is 0 Å². The minimum absolute atomic E-state index is 0.0387. The lowest BCUT2D eigenvalue weighted by molar-refractivity contribution is -0.138. The van der Waals surface area contributed by atoms with Crippen LogP contribution < -0.4 is 15.4 Å². The van der Waals surface area contributed by atoms with Crippen LogP contribution in [0.15, 0.2) is 67.2 Å². The van der Waals surface area contributed by atoms with E-state index in [1.54, 1.807) is 18.2 Å². The molecule has 3 aromatic carbocycles. The van der Waals surface area contributed by atoms with Gasteiger partial charge in [0, 0.05) is 48.0 Å². The maximum atomic E-state index is 13.5. The zero-order valence-electron chi connectivity index (χ0n) is 38.2. The Morgan fingerprint density at radius 1 is 0.794 bits per heavy atom. The van der Waals surface area contributed by atoms with E-state index >= 15 is 0 Å². The molecule has 1 atom stereocenters. The summed E-state index contributed by atoms with van der Waals surface area (Å²) in [7, 11) is 0. The number of benzene rings is 3. The first-order chi connectivity index (χ1) is 32.9. The number of aromatic nitrogens is 2. The summed E-state index contributed by atoms with van der Waals surface area (Å²) in [5, 5.41) is 5.15. The molecule has 18 heteroatoms. The molecule has 2 saturated heterocycles. The fraction of sp³-hybridized carbons (Fsp3) is 0.500. The van der Waals surface area contributed by atoms with Gasteiger partial charge < -0.3 is 28.3 Å². The second kappa shape index (κ2) is 22.6. The highest BCUT2D eigenvalue weighted by Crippen LogP contribution is 2.39. The van der Waals surface area contributed by atoms with Crippen molar-refractivity contribution in [1.29, 1.82) is 0 Å². The van der Waals surface area contributed by atoms with Crippen LogP contribution in [0.3, 0.4) is 0 Å². The van der Waals surface area contributed by atoms with E-state index in [-0.39, 0.29) is 42.9 Å². The van der Waals surface area contributed by atoms with Gasteiger partial charge in [-0.05, 0) is 118 Å². The molecule has 364 valence electrons. The number of anilines is 1. The standard InChI is InChI=1S/C50H59F3N6O9/c1-33-41-30-39(13-14-40(41)48(63)58(33)44-16-17-45(60)55-47(44)62)68-27-26-66-23-22-64-20-21-65-24-25-67-32-34-8-11-38(12-9-34)59-43-15-10-35(31-57-18-3-2-4-19-57)28-42(43)54-49(59)56-46(61)36-6-5-7-37(29-36)50(51,52)53/h5-7,10,13-15,28-30,34,38,44H,1-4,8-9,11-12,16-27,31-32H2,(H,54,56,61)(H,55,60,62)/t34-,38+,44?. The lowest BCUT2D eigenvalue weighted by Crippen LogP contribution is -2.52. The number of alkyl halides is 3. The van der Waals surface area contributed by atoms with Crippen LogP contribution in [-0.2, 0) is 41.3 Å². The first-order valence-corrected chi connectivity index (χ1v) is 23.6. The van der Waals surface area contributed by atoms with Gasteiger partial charge in [-0.2, -0.15) is 13.2 Å². The van der Waals surface area contributed by atoms with Crippen molar-refractivity contribution in [1.82, 2.24) is 24.7 Å². The summed E-state index contributed by atoms with van der Waals surface area (Å²) < 4.78 is 71.2. The first-order valence-electron chi connectivity index (χ1n) is 23.6. The monoisotopic (exact) mass is 944 g/mol. The van der Waals surface area contributed by atoms with Crippen molar-refractivity contribution in [3.63, 3.8) is 0 Å². The van der Waals surface area contributed by atoms with Gasteiger partial charge in [-0.15, -0.1) is 0 Å². The number of hydrogen-bond donors (Lipinski definition) is 2. The molecule has 4 amide bonds. The van der Waals surface area contributed by atoms with Gasteiger partial charge in [0.05, 0.1) is 62.8 Å². The molecule has 3 aliphatic heterocycles. The molecule has 1 unspecified atom stereocenters. The summed E-state index contributed by atoms with van der Waals surface area (Å²) in [6.45, 7) is 10.6. The van der Waals surface area contributed by atoms with Crippen LogP contribution in [0.25, 0.3) is 16.7 Å². The van der Waals surface area contributed by atoms with Crippen LogP contribution in [0.5, 0.6) is 5.75 Å². The van der Waals surface area contributed by atoms with Gasteiger partial charge in [-0.3, -0.25) is 39.6 Å². The van der Waals surface area contributed by atoms with E-state index in [2.05, 4.69) is 44.9 Å². The molecule has 0 spiro atoms. The number of rotatable bonds is 21. The van der Waals surface area contributed by atoms with Crippen molar-refractivity contribution in [2.24, 2.45) is 5.92 Å². The number of ether oxygens (including phenoxy) is 5. The van der Waals surface area contributed by atoms with Gasteiger partial charge in [-0.1, -0.05) is 25.1 Å². The second-order valence-corrected chi connectivity index (χ2v) is 17.7. The molecule has 4 heterocycles.